The molecule has 1 aromatic carbocycles. The number of carbonyl (C=O) groups excluding carboxylic acids is 1. The first-order chi connectivity index (χ1) is 9.63. The summed E-state index contributed by atoms with van der Waals surface area (Å²) in [6.07, 6.45) is 2.98. The van der Waals surface area contributed by atoms with Crippen molar-refractivity contribution in [3.8, 4) is 5.75 Å². The van der Waals surface area contributed by atoms with Gasteiger partial charge in [-0.25, -0.2) is 0 Å². The summed E-state index contributed by atoms with van der Waals surface area (Å²) in [5.41, 5.74) is 0.924. The molecule has 1 aliphatic heterocycles. The lowest BCUT2D eigenvalue weighted by Gasteiger charge is -2.27. The van der Waals surface area contributed by atoms with Crippen LogP contribution in [0.4, 0.5) is 0 Å². The van der Waals surface area contributed by atoms with Crippen molar-refractivity contribution in [3.63, 3.8) is 0 Å². The average molecular weight is 315 g/mol. The molecule has 1 saturated carbocycles. The fourth-order valence-electron chi connectivity index (χ4n) is 2.36. The maximum absolute atomic E-state index is 11.7. The molecule has 4 nitrogen and oxygen atoms in total. The van der Waals surface area contributed by atoms with Crippen LogP contribution < -0.4 is 15.4 Å². The van der Waals surface area contributed by atoms with E-state index >= 15 is 0 Å². The van der Waals surface area contributed by atoms with Crippen molar-refractivity contribution in [2.45, 2.75) is 31.3 Å². The van der Waals surface area contributed by atoms with Crippen LogP contribution in [0.15, 0.2) is 12.1 Å². The minimum atomic E-state index is 0.0358. The zero-order valence-corrected chi connectivity index (χ0v) is 12.4. The van der Waals surface area contributed by atoms with Gasteiger partial charge in [0.2, 0.25) is 5.91 Å². The summed E-state index contributed by atoms with van der Waals surface area (Å²) in [4.78, 5) is 11.7. The van der Waals surface area contributed by atoms with Gasteiger partial charge in [0.1, 0.15) is 5.75 Å². The summed E-state index contributed by atoms with van der Waals surface area (Å²) in [5, 5.41) is 7.30. The summed E-state index contributed by atoms with van der Waals surface area (Å²) < 4.78 is 5.59. The number of halogens is 2. The molecule has 0 saturated heterocycles. The highest BCUT2D eigenvalue weighted by atomic mass is 35.5. The summed E-state index contributed by atoms with van der Waals surface area (Å²) in [5.74, 6) is 0.705. The first-order valence-corrected chi connectivity index (χ1v) is 7.53. The van der Waals surface area contributed by atoms with E-state index in [2.05, 4.69) is 10.6 Å². The maximum atomic E-state index is 11.7. The second-order valence-electron chi connectivity index (χ2n) is 5.22. The lowest BCUT2D eigenvalue weighted by molar-refractivity contribution is -0.120. The van der Waals surface area contributed by atoms with E-state index in [4.69, 9.17) is 27.9 Å². The van der Waals surface area contributed by atoms with Crippen LogP contribution in [0.25, 0.3) is 0 Å². The molecule has 1 atom stereocenters. The van der Waals surface area contributed by atoms with Gasteiger partial charge in [-0.05, 0) is 25.0 Å². The quantitative estimate of drug-likeness (QED) is 0.898. The molecule has 0 radical (unpaired) electrons. The smallest absolute Gasteiger partial charge is 0.234 e. The second-order valence-corrected chi connectivity index (χ2v) is 6.06. The van der Waals surface area contributed by atoms with Gasteiger partial charge < -0.3 is 15.4 Å². The molecule has 1 heterocycles. The number of nitrogens with one attached hydrogen (secondary N) is 2. The van der Waals surface area contributed by atoms with Crippen molar-refractivity contribution in [1.29, 1.82) is 0 Å². The second kappa shape index (κ2) is 5.80. The molecule has 2 N–H and O–H groups in total. The van der Waals surface area contributed by atoms with E-state index in [1.807, 2.05) is 6.07 Å². The highest BCUT2D eigenvalue weighted by molar-refractivity contribution is 6.35. The number of benzene rings is 1. The van der Waals surface area contributed by atoms with E-state index < -0.39 is 0 Å². The molecule has 0 bridgehead atoms. The molecule has 1 amide bonds. The Morgan fingerprint density at radius 2 is 2.10 bits per heavy atom. The SMILES string of the molecule is O=C(CNC1CCOc2c(Cl)cc(Cl)cc21)NC1CC1. The fourth-order valence-corrected chi connectivity index (χ4v) is 2.92. The number of fused-ring (bicyclic) bond motifs is 1. The Labute approximate surface area is 127 Å². The summed E-state index contributed by atoms with van der Waals surface area (Å²) in [6, 6.07) is 3.94. The van der Waals surface area contributed by atoms with Crippen molar-refractivity contribution in [2.24, 2.45) is 0 Å². The van der Waals surface area contributed by atoms with Crippen molar-refractivity contribution in [3.05, 3.63) is 27.7 Å². The van der Waals surface area contributed by atoms with Gasteiger partial charge in [-0.1, -0.05) is 23.2 Å². The van der Waals surface area contributed by atoms with Crippen LogP contribution in [0.2, 0.25) is 10.0 Å². The van der Waals surface area contributed by atoms with Gasteiger partial charge in [0.05, 0.1) is 18.2 Å². The predicted molar refractivity (Wildman–Crippen MR) is 78.5 cm³/mol. The molecule has 3 rings (SSSR count). The molecule has 6 heteroatoms. The summed E-state index contributed by atoms with van der Waals surface area (Å²) in [7, 11) is 0. The maximum Gasteiger partial charge on any atom is 0.234 e. The minimum Gasteiger partial charge on any atom is -0.492 e. The van der Waals surface area contributed by atoms with E-state index in [9.17, 15) is 4.79 Å². The molecular formula is C14H16Cl2N2O2. The van der Waals surface area contributed by atoms with Gasteiger partial charge >= 0.3 is 0 Å². The Morgan fingerprint density at radius 3 is 2.85 bits per heavy atom. The molecule has 0 aromatic heterocycles. The number of hydrogen-bond acceptors (Lipinski definition) is 3. The highest BCUT2D eigenvalue weighted by Crippen LogP contribution is 2.39. The number of ether oxygens (including phenoxy) is 1. The zero-order valence-electron chi connectivity index (χ0n) is 10.9. The van der Waals surface area contributed by atoms with Crippen LogP contribution in [-0.2, 0) is 4.79 Å². The molecule has 1 unspecified atom stereocenters. The molecule has 20 heavy (non-hydrogen) atoms. The van der Waals surface area contributed by atoms with Gasteiger partial charge in [0, 0.05) is 29.1 Å². The summed E-state index contributed by atoms with van der Waals surface area (Å²) >= 11 is 12.2. The van der Waals surface area contributed by atoms with Crippen LogP contribution in [-0.4, -0.2) is 25.1 Å². The monoisotopic (exact) mass is 314 g/mol. The lowest BCUT2D eigenvalue weighted by Crippen LogP contribution is -2.38. The number of rotatable bonds is 4. The van der Waals surface area contributed by atoms with Crippen molar-refractivity contribution < 1.29 is 9.53 Å². The molecule has 108 valence electrons. The third-order valence-corrected chi connectivity index (χ3v) is 4.02. The standard InChI is InChI=1S/C14H16Cl2N2O2/c15-8-5-10-12(3-4-20-14(10)11(16)6-8)17-7-13(19)18-9-1-2-9/h5-6,9,12,17H,1-4,7H2,(H,18,19). The van der Waals surface area contributed by atoms with Crippen molar-refractivity contribution in [1.82, 2.24) is 10.6 Å². The minimum absolute atomic E-state index is 0.0358. The topological polar surface area (TPSA) is 50.4 Å². The Balaban J connectivity index is 1.67. The molecular weight excluding hydrogens is 299 g/mol. The number of carbonyl (C=O) groups is 1. The third kappa shape index (κ3) is 3.19. The Bertz CT molecular complexity index is 532. The zero-order chi connectivity index (χ0) is 14.1. The van der Waals surface area contributed by atoms with Gasteiger partial charge in [-0.3, -0.25) is 4.79 Å². The fraction of sp³-hybridized carbons (Fsp3) is 0.500. The van der Waals surface area contributed by atoms with Crippen molar-refractivity contribution in [2.75, 3.05) is 13.2 Å². The van der Waals surface area contributed by atoms with Gasteiger partial charge in [0.15, 0.2) is 0 Å². The normalized spacial score (nSPS) is 21.0. The average Bonchev–Trinajstić information content (AvgIpc) is 3.20. The van der Waals surface area contributed by atoms with Crippen LogP contribution in [0.5, 0.6) is 5.75 Å². The van der Waals surface area contributed by atoms with Gasteiger partial charge in [-0.2, -0.15) is 0 Å². The molecule has 1 fully saturated rings. The van der Waals surface area contributed by atoms with Crippen LogP contribution in [0.3, 0.4) is 0 Å². The predicted octanol–water partition coefficient (Wildman–Crippen LogP) is 2.69. The van der Waals surface area contributed by atoms with E-state index in [0.717, 1.165) is 24.8 Å². The lowest BCUT2D eigenvalue weighted by atomic mass is 10.0. The first kappa shape index (κ1) is 14.0. The highest BCUT2D eigenvalue weighted by Gasteiger charge is 2.26. The van der Waals surface area contributed by atoms with Crippen LogP contribution >= 0.6 is 23.2 Å². The molecule has 2 aliphatic rings. The third-order valence-electron chi connectivity index (χ3n) is 3.52. The van der Waals surface area contributed by atoms with E-state index in [1.54, 1.807) is 6.07 Å². The van der Waals surface area contributed by atoms with E-state index in [1.165, 1.54) is 0 Å². The molecule has 1 aliphatic carbocycles. The Hall–Kier alpha value is -0.970. The largest absolute Gasteiger partial charge is 0.492 e. The number of hydrogen-bond donors (Lipinski definition) is 2. The van der Waals surface area contributed by atoms with Gasteiger partial charge in [-0.15, -0.1) is 0 Å². The Morgan fingerprint density at radius 1 is 1.30 bits per heavy atom. The van der Waals surface area contributed by atoms with Crippen LogP contribution in [0.1, 0.15) is 30.9 Å². The Kier molecular flexibility index (Phi) is 4.06. The van der Waals surface area contributed by atoms with Crippen LogP contribution in [0, 0.1) is 0 Å². The van der Waals surface area contributed by atoms with Gasteiger partial charge in [0.25, 0.3) is 0 Å². The molecule has 0 spiro atoms. The summed E-state index contributed by atoms with van der Waals surface area (Å²) in [6.45, 7) is 0.876. The first-order valence-electron chi connectivity index (χ1n) is 6.78. The van der Waals surface area contributed by atoms with Crippen molar-refractivity contribution >= 4 is 29.1 Å². The number of amides is 1. The van der Waals surface area contributed by atoms with E-state index in [-0.39, 0.29) is 11.9 Å². The van der Waals surface area contributed by atoms with E-state index in [0.29, 0.717) is 35.0 Å². The molecule has 1 aromatic rings.